The van der Waals surface area contributed by atoms with Gasteiger partial charge in [-0.2, -0.15) is 0 Å². The number of aliphatic hydroxyl groups is 1. The van der Waals surface area contributed by atoms with Gasteiger partial charge in [0, 0.05) is 0 Å². The third kappa shape index (κ3) is 2.85. The lowest BCUT2D eigenvalue weighted by Crippen LogP contribution is -2.01. The van der Waals surface area contributed by atoms with Crippen LogP contribution in [0.3, 0.4) is 0 Å². The van der Waals surface area contributed by atoms with E-state index in [-0.39, 0.29) is 6.10 Å². The smallest absolute Gasteiger partial charge is 0.229 e. The number of anilines is 1. The Hall–Kier alpha value is -1.81. The van der Waals surface area contributed by atoms with E-state index in [9.17, 15) is 5.11 Å². The fraction of sp³-hybridized carbons (Fsp3) is 0.308. The lowest BCUT2D eigenvalue weighted by atomic mass is 10.0. The minimum atomic E-state index is -0.261. The topological polar surface area (TPSA) is 72.3 Å². The minimum absolute atomic E-state index is 0.261. The molecule has 1 aromatic carbocycles. The van der Waals surface area contributed by atoms with Crippen LogP contribution in [-0.4, -0.2) is 16.4 Å². The summed E-state index contributed by atoms with van der Waals surface area (Å²) in [5.41, 5.74) is 8.65. The molecule has 1 heterocycles. The van der Waals surface area contributed by atoms with E-state index in [1.54, 1.807) is 13.1 Å². The van der Waals surface area contributed by atoms with Crippen molar-refractivity contribution in [1.82, 2.24) is 5.16 Å². The third-order valence-electron chi connectivity index (χ3n) is 2.71. The number of nitrogens with two attached hydrogens (primary N) is 1. The molecule has 0 aliphatic rings. The molecule has 0 saturated carbocycles. The van der Waals surface area contributed by atoms with E-state index in [0.717, 1.165) is 24.0 Å². The molecule has 0 bridgehead atoms. The molecule has 0 radical (unpaired) electrons. The first-order chi connectivity index (χ1) is 8.16. The summed E-state index contributed by atoms with van der Waals surface area (Å²) in [7, 11) is 0. The second kappa shape index (κ2) is 5.01. The molecule has 0 amide bonds. The number of nitrogens with zero attached hydrogens (tertiary/aromatic N) is 1. The highest BCUT2D eigenvalue weighted by atomic mass is 16.5. The summed E-state index contributed by atoms with van der Waals surface area (Å²) in [6.45, 7) is 1.80. The molecule has 1 aromatic heterocycles. The summed E-state index contributed by atoms with van der Waals surface area (Å²) in [5.74, 6) is 0.335. The summed E-state index contributed by atoms with van der Waals surface area (Å²) in [6, 6.07) is 8.04. The van der Waals surface area contributed by atoms with E-state index in [1.165, 1.54) is 5.56 Å². The van der Waals surface area contributed by atoms with Gasteiger partial charge < -0.3 is 15.4 Å². The molecule has 4 heteroatoms. The molecular weight excluding hydrogens is 216 g/mol. The molecule has 0 aliphatic carbocycles. The molecule has 1 unspecified atom stereocenters. The van der Waals surface area contributed by atoms with Gasteiger partial charge >= 0.3 is 0 Å². The Kier molecular flexibility index (Phi) is 3.44. The van der Waals surface area contributed by atoms with Gasteiger partial charge in [0.15, 0.2) is 0 Å². The van der Waals surface area contributed by atoms with Crippen molar-refractivity contribution in [2.45, 2.75) is 25.9 Å². The van der Waals surface area contributed by atoms with Crippen LogP contribution < -0.4 is 5.73 Å². The molecule has 90 valence electrons. The molecule has 0 spiro atoms. The van der Waals surface area contributed by atoms with Crippen LogP contribution in [0, 0.1) is 0 Å². The maximum Gasteiger partial charge on any atom is 0.229 e. The van der Waals surface area contributed by atoms with Gasteiger partial charge in [0.1, 0.15) is 0 Å². The standard InChI is InChI=1S/C13H16N2O2/c1-9(16)2-3-10-4-6-11(7-5-10)12-8-15-17-13(12)14/h4-9,16H,2-3,14H2,1H3. The highest BCUT2D eigenvalue weighted by Gasteiger charge is 2.06. The number of rotatable bonds is 4. The van der Waals surface area contributed by atoms with Crippen molar-refractivity contribution in [2.24, 2.45) is 0 Å². The fourth-order valence-corrected chi connectivity index (χ4v) is 1.69. The first-order valence-electron chi connectivity index (χ1n) is 5.64. The predicted molar refractivity (Wildman–Crippen MR) is 66.4 cm³/mol. The summed E-state index contributed by atoms with van der Waals surface area (Å²) < 4.78 is 4.82. The first-order valence-corrected chi connectivity index (χ1v) is 5.64. The maximum absolute atomic E-state index is 9.22. The van der Waals surface area contributed by atoms with Gasteiger partial charge in [-0.15, -0.1) is 0 Å². The van der Waals surface area contributed by atoms with Crippen LogP contribution in [0.1, 0.15) is 18.9 Å². The van der Waals surface area contributed by atoms with Gasteiger partial charge in [-0.25, -0.2) is 0 Å². The Labute approximate surface area is 100 Å². The number of aliphatic hydroxyl groups excluding tert-OH is 1. The zero-order valence-electron chi connectivity index (χ0n) is 9.76. The molecule has 2 rings (SSSR count). The van der Waals surface area contributed by atoms with Crippen LogP contribution in [0.15, 0.2) is 35.0 Å². The lowest BCUT2D eigenvalue weighted by Gasteiger charge is -2.05. The number of hydrogen-bond acceptors (Lipinski definition) is 4. The Morgan fingerprint density at radius 1 is 1.35 bits per heavy atom. The number of benzene rings is 1. The van der Waals surface area contributed by atoms with Crippen LogP contribution in [0.2, 0.25) is 0 Å². The quantitative estimate of drug-likeness (QED) is 0.848. The largest absolute Gasteiger partial charge is 0.393 e. The Morgan fingerprint density at radius 2 is 2.06 bits per heavy atom. The lowest BCUT2D eigenvalue weighted by molar-refractivity contribution is 0.185. The van der Waals surface area contributed by atoms with Crippen LogP contribution >= 0.6 is 0 Å². The van der Waals surface area contributed by atoms with Gasteiger partial charge in [0.05, 0.1) is 17.9 Å². The van der Waals surface area contributed by atoms with Crippen molar-refractivity contribution in [3.8, 4) is 11.1 Å². The summed E-state index contributed by atoms with van der Waals surface area (Å²) >= 11 is 0. The SMILES string of the molecule is CC(O)CCc1ccc(-c2cnoc2N)cc1. The van der Waals surface area contributed by atoms with Crippen molar-refractivity contribution in [3.05, 3.63) is 36.0 Å². The number of aryl methyl sites for hydroxylation is 1. The second-order valence-electron chi connectivity index (χ2n) is 4.19. The normalized spacial score (nSPS) is 12.6. The summed E-state index contributed by atoms with van der Waals surface area (Å²) in [5, 5.41) is 12.9. The van der Waals surface area contributed by atoms with Crippen molar-refractivity contribution in [3.63, 3.8) is 0 Å². The first kappa shape index (κ1) is 11.7. The molecule has 2 aromatic rings. The van der Waals surface area contributed by atoms with Gasteiger partial charge in [0.25, 0.3) is 0 Å². The second-order valence-corrected chi connectivity index (χ2v) is 4.19. The molecule has 1 atom stereocenters. The van der Waals surface area contributed by atoms with Crippen LogP contribution in [-0.2, 0) is 6.42 Å². The van der Waals surface area contributed by atoms with E-state index in [0.29, 0.717) is 5.88 Å². The monoisotopic (exact) mass is 232 g/mol. The summed E-state index contributed by atoms with van der Waals surface area (Å²) in [4.78, 5) is 0. The molecule has 4 nitrogen and oxygen atoms in total. The minimum Gasteiger partial charge on any atom is -0.393 e. The molecule has 0 aliphatic heterocycles. The highest BCUT2D eigenvalue weighted by molar-refractivity contribution is 5.71. The highest BCUT2D eigenvalue weighted by Crippen LogP contribution is 2.25. The van der Waals surface area contributed by atoms with E-state index in [4.69, 9.17) is 10.3 Å². The van der Waals surface area contributed by atoms with Crippen LogP contribution in [0.25, 0.3) is 11.1 Å². The molecule has 3 N–H and O–H groups in total. The van der Waals surface area contributed by atoms with Gasteiger partial charge in [-0.3, -0.25) is 0 Å². The number of nitrogen functional groups attached to an aromatic ring is 1. The third-order valence-corrected chi connectivity index (χ3v) is 2.71. The van der Waals surface area contributed by atoms with E-state index < -0.39 is 0 Å². The zero-order valence-corrected chi connectivity index (χ0v) is 9.76. The number of hydrogen-bond donors (Lipinski definition) is 2. The predicted octanol–water partition coefficient (Wildman–Crippen LogP) is 2.24. The van der Waals surface area contributed by atoms with Crippen molar-refractivity contribution in [1.29, 1.82) is 0 Å². The molecule has 0 saturated heterocycles. The van der Waals surface area contributed by atoms with Crippen molar-refractivity contribution < 1.29 is 9.63 Å². The summed E-state index contributed by atoms with van der Waals surface area (Å²) in [6.07, 6.45) is 3.00. The fourth-order valence-electron chi connectivity index (χ4n) is 1.69. The Morgan fingerprint density at radius 3 is 2.59 bits per heavy atom. The van der Waals surface area contributed by atoms with E-state index in [2.05, 4.69) is 5.16 Å². The molecular formula is C13H16N2O2. The van der Waals surface area contributed by atoms with E-state index in [1.807, 2.05) is 24.3 Å². The number of aromatic nitrogens is 1. The Bertz CT molecular complexity index is 474. The average molecular weight is 232 g/mol. The van der Waals surface area contributed by atoms with E-state index >= 15 is 0 Å². The Balaban J connectivity index is 2.11. The van der Waals surface area contributed by atoms with Crippen molar-refractivity contribution >= 4 is 5.88 Å². The molecule has 17 heavy (non-hydrogen) atoms. The zero-order chi connectivity index (χ0) is 12.3. The van der Waals surface area contributed by atoms with Gasteiger partial charge in [0.2, 0.25) is 5.88 Å². The van der Waals surface area contributed by atoms with Gasteiger partial charge in [-0.1, -0.05) is 29.4 Å². The van der Waals surface area contributed by atoms with Crippen molar-refractivity contribution in [2.75, 3.05) is 5.73 Å². The average Bonchev–Trinajstić information content (AvgIpc) is 2.73. The van der Waals surface area contributed by atoms with Crippen LogP contribution in [0.5, 0.6) is 0 Å². The van der Waals surface area contributed by atoms with Gasteiger partial charge in [-0.05, 0) is 30.9 Å². The molecule has 0 fully saturated rings. The maximum atomic E-state index is 9.22. The van der Waals surface area contributed by atoms with Crippen LogP contribution in [0.4, 0.5) is 5.88 Å².